The Morgan fingerprint density at radius 1 is 1.19 bits per heavy atom. The molecule has 176 valence electrons. The van der Waals surface area contributed by atoms with Crippen molar-refractivity contribution in [3.05, 3.63) is 87.6 Å². The monoisotopic (exact) mass is 475 g/mol. The number of benzene rings is 1. The number of carbonyl (C=O) groups excluding carboxylic acids is 1. The van der Waals surface area contributed by atoms with Crippen molar-refractivity contribution in [1.82, 2.24) is 9.55 Å². The number of ether oxygens (including phenoxy) is 1. The molecular weight excluding hydrogens is 454 g/mol. The number of rotatable bonds is 4. The molecule has 0 radical (unpaired) electrons. The number of hydrogen-bond donors (Lipinski definition) is 1. The second-order valence-electron chi connectivity index (χ2n) is 8.49. The molecule has 0 atom stereocenters. The van der Waals surface area contributed by atoms with Crippen LogP contribution < -0.4 is 5.73 Å². The molecule has 0 aliphatic heterocycles. The van der Waals surface area contributed by atoms with Crippen LogP contribution in [-0.4, -0.2) is 22.6 Å². The van der Waals surface area contributed by atoms with Gasteiger partial charge in [0.25, 0.3) is 0 Å². The third kappa shape index (κ3) is 3.44. The SMILES string of the molecule is COC(=O)c1ccc(Cn2cc(/C=C3/C(C)=C(C#N)c4nc(N)c(C#N)c(C)c43)c3ccccc32)o1. The van der Waals surface area contributed by atoms with Gasteiger partial charge in [0, 0.05) is 28.2 Å². The molecule has 1 aliphatic carbocycles. The minimum absolute atomic E-state index is 0.122. The van der Waals surface area contributed by atoms with Crippen LogP contribution in [0.3, 0.4) is 0 Å². The fourth-order valence-corrected chi connectivity index (χ4v) is 4.71. The van der Waals surface area contributed by atoms with Gasteiger partial charge in [-0.25, -0.2) is 9.78 Å². The molecule has 0 unspecified atom stereocenters. The van der Waals surface area contributed by atoms with Crippen molar-refractivity contribution in [3.63, 3.8) is 0 Å². The summed E-state index contributed by atoms with van der Waals surface area (Å²) in [6.45, 7) is 4.12. The zero-order chi connectivity index (χ0) is 25.6. The van der Waals surface area contributed by atoms with Crippen LogP contribution in [0.1, 0.15) is 51.2 Å². The quantitative estimate of drug-likeness (QED) is 0.407. The van der Waals surface area contributed by atoms with E-state index in [1.165, 1.54) is 7.11 Å². The zero-order valence-electron chi connectivity index (χ0n) is 19.9. The third-order valence-electron chi connectivity index (χ3n) is 6.48. The molecule has 3 aromatic heterocycles. The number of furan rings is 1. The van der Waals surface area contributed by atoms with Gasteiger partial charge in [-0.1, -0.05) is 18.2 Å². The Kier molecular flexibility index (Phi) is 5.43. The number of pyridine rings is 1. The molecule has 1 aromatic carbocycles. The maximum atomic E-state index is 11.8. The first-order chi connectivity index (χ1) is 17.4. The predicted octanol–water partition coefficient (Wildman–Crippen LogP) is 5.08. The Bertz CT molecular complexity index is 1720. The number of nitrogens with zero attached hydrogens (tertiary/aromatic N) is 4. The lowest BCUT2D eigenvalue weighted by atomic mass is 9.95. The summed E-state index contributed by atoms with van der Waals surface area (Å²) in [5, 5.41) is 20.5. The van der Waals surface area contributed by atoms with E-state index in [0.717, 1.165) is 33.2 Å². The van der Waals surface area contributed by atoms with Gasteiger partial charge in [-0.2, -0.15) is 10.5 Å². The average molecular weight is 476 g/mol. The van der Waals surface area contributed by atoms with Gasteiger partial charge in [-0.3, -0.25) is 0 Å². The molecule has 5 rings (SSSR count). The Morgan fingerprint density at radius 2 is 1.97 bits per heavy atom. The van der Waals surface area contributed by atoms with Gasteiger partial charge >= 0.3 is 5.97 Å². The van der Waals surface area contributed by atoms with E-state index in [1.54, 1.807) is 12.1 Å². The maximum absolute atomic E-state index is 11.8. The van der Waals surface area contributed by atoms with Gasteiger partial charge in [-0.05, 0) is 54.8 Å². The van der Waals surface area contributed by atoms with Crippen molar-refractivity contribution in [2.75, 3.05) is 12.8 Å². The third-order valence-corrected chi connectivity index (χ3v) is 6.48. The minimum Gasteiger partial charge on any atom is -0.463 e. The maximum Gasteiger partial charge on any atom is 0.373 e. The average Bonchev–Trinajstić information content (AvgIpc) is 3.55. The summed E-state index contributed by atoms with van der Waals surface area (Å²) < 4.78 is 12.4. The van der Waals surface area contributed by atoms with Gasteiger partial charge in [0.15, 0.2) is 0 Å². The summed E-state index contributed by atoms with van der Waals surface area (Å²) in [5.41, 5.74) is 12.3. The lowest BCUT2D eigenvalue weighted by molar-refractivity contribution is 0.0563. The van der Waals surface area contributed by atoms with Crippen molar-refractivity contribution >= 4 is 39.9 Å². The first kappa shape index (κ1) is 22.7. The lowest BCUT2D eigenvalue weighted by Crippen LogP contribution is -2.03. The number of nitriles is 2. The lowest BCUT2D eigenvalue weighted by Gasteiger charge is -2.10. The molecule has 2 N–H and O–H groups in total. The summed E-state index contributed by atoms with van der Waals surface area (Å²) in [7, 11) is 1.31. The molecule has 36 heavy (non-hydrogen) atoms. The van der Waals surface area contributed by atoms with E-state index in [1.807, 2.05) is 55.0 Å². The summed E-state index contributed by atoms with van der Waals surface area (Å²) in [5.74, 6) is 0.352. The number of nitrogen functional groups attached to an aromatic ring is 1. The smallest absolute Gasteiger partial charge is 0.373 e. The van der Waals surface area contributed by atoms with Crippen LogP contribution in [0, 0.1) is 29.6 Å². The second-order valence-corrected chi connectivity index (χ2v) is 8.49. The highest BCUT2D eigenvalue weighted by atomic mass is 16.5. The molecule has 0 spiro atoms. The number of allylic oxidation sites excluding steroid dienone is 3. The number of carbonyl (C=O) groups is 1. The number of para-hydroxylation sites is 1. The van der Waals surface area contributed by atoms with Crippen LogP contribution in [-0.2, 0) is 11.3 Å². The van der Waals surface area contributed by atoms with Crippen molar-refractivity contribution < 1.29 is 13.9 Å². The Hall–Kier alpha value is -5.08. The summed E-state index contributed by atoms with van der Waals surface area (Å²) >= 11 is 0. The van der Waals surface area contributed by atoms with Crippen molar-refractivity contribution in [2.45, 2.75) is 20.4 Å². The number of hydrogen-bond acceptors (Lipinski definition) is 7. The Morgan fingerprint density at radius 3 is 2.69 bits per heavy atom. The van der Waals surface area contributed by atoms with E-state index in [0.29, 0.717) is 34.7 Å². The van der Waals surface area contributed by atoms with Gasteiger partial charge in [0.2, 0.25) is 5.76 Å². The number of anilines is 1. The molecule has 3 heterocycles. The number of fused-ring (bicyclic) bond motifs is 2. The number of aromatic nitrogens is 2. The summed E-state index contributed by atoms with van der Waals surface area (Å²) in [6, 6.07) is 15.7. The van der Waals surface area contributed by atoms with Crippen LogP contribution in [0.2, 0.25) is 0 Å². The molecule has 4 aromatic rings. The van der Waals surface area contributed by atoms with Crippen molar-refractivity contribution in [3.8, 4) is 12.1 Å². The standard InChI is InChI=1S/C28H21N5O3/c1-15-20(25-16(2)22(12-30)27(31)32-26(25)21(15)11-29)10-17-13-33(23-7-5-4-6-19(17)23)14-18-8-9-24(36-18)28(34)35-3/h4-10,13H,14H2,1-3H3,(H2,31,32)/b20-10-. The minimum atomic E-state index is -0.527. The van der Waals surface area contributed by atoms with E-state index >= 15 is 0 Å². The van der Waals surface area contributed by atoms with Crippen molar-refractivity contribution in [2.24, 2.45) is 0 Å². The molecule has 0 saturated carbocycles. The van der Waals surface area contributed by atoms with Gasteiger partial charge in [0.05, 0.1) is 30.5 Å². The highest BCUT2D eigenvalue weighted by molar-refractivity contribution is 6.10. The largest absolute Gasteiger partial charge is 0.463 e. The van der Waals surface area contributed by atoms with E-state index in [2.05, 4.69) is 17.1 Å². The highest BCUT2D eigenvalue weighted by Gasteiger charge is 2.30. The van der Waals surface area contributed by atoms with Gasteiger partial charge in [-0.15, -0.1) is 0 Å². The number of nitrogens with two attached hydrogens (primary N) is 1. The number of esters is 1. The van der Waals surface area contributed by atoms with E-state index < -0.39 is 5.97 Å². The topological polar surface area (TPSA) is 131 Å². The van der Waals surface area contributed by atoms with Crippen LogP contribution in [0.4, 0.5) is 5.82 Å². The first-order valence-corrected chi connectivity index (χ1v) is 11.2. The molecule has 0 bridgehead atoms. The van der Waals surface area contributed by atoms with E-state index in [9.17, 15) is 15.3 Å². The van der Waals surface area contributed by atoms with E-state index in [4.69, 9.17) is 14.9 Å². The van der Waals surface area contributed by atoms with Crippen LogP contribution >= 0.6 is 0 Å². The fraction of sp³-hybridized carbons (Fsp3) is 0.143. The van der Waals surface area contributed by atoms with E-state index in [-0.39, 0.29) is 11.6 Å². The van der Waals surface area contributed by atoms with Crippen molar-refractivity contribution in [1.29, 1.82) is 10.5 Å². The summed E-state index contributed by atoms with van der Waals surface area (Å²) in [6.07, 6.45) is 4.02. The first-order valence-electron chi connectivity index (χ1n) is 11.2. The summed E-state index contributed by atoms with van der Waals surface area (Å²) in [4.78, 5) is 16.2. The Labute approximate surface area is 207 Å². The predicted molar refractivity (Wildman–Crippen MR) is 135 cm³/mol. The molecule has 0 saturated heterocycles. The van der Waals surface area contributed by atoms with Crippen LogP contribution in [0.5, 0.6) is 0 Å². The highest BCUT2D eigenvalue weighted by Crippen LogP contribution is 2.44. The molecule has 8 heteroatoms. The molecule has 0 amide bonds. The van der Waals surface area contributed by atoms with Crippen LogP contribution in [0.25, 0.3) is 28.1 Å². The molecule has 1 aliphatic rings. The molecular formula is C28H21N5O3. The zero-order valence-corrected chi connectivity index (χ0v) is 19.9. The fourth-order valence-electron chi connectivity index (χ4n) is 4.71. The van der Waals surface area contributed by atoms with Gasteiger partial charge < -0.3 is 19.5 Å². The molecule has 0 fully saturated rings. The van der Waals surface area contributed by atoms with Crippen LogP contribution in [0.15, 0.2) is 52.6 Å². The normalized spacial score (nSPS) is 13.6. The second kappa shape index (κ2) is 8.61. The molecule has 8 nitrogen and oxygen atoms in total. The number of methoxy groups -OCH3 is 1. The Balaban J connectivity index is 1.66. The van der Waals surface area contributed by atoms with Gasteiger partial charge in [0.1, 0.15) is 23.7 Å².